The van der Waals surface area contributed by atoms with Gasteiger partial charge in [0.05, 0.1) is 17.4 Å². The van der Waals surface area contributed by atoms with E-state index in [4.69, 9.17) is 4.74 Å². The van der Waals surface area contributed by atoms with Crippen LogP contribution in [-0.4, -0.2) is 82.7 Å². The van der Waals surface area contributed by atoms with Crippen molar-refractivity contribution in [3.8, 4) is 0 Å². The lowest BCUT2D eigenvalue weighted by Crippen LogP contribution is -2.57. The number of hydrogen-bond acceptors (Lipinski definition) is 5. The molecule has 3 saturated heterocycles. The molecule has 1 aromatic rings. The molecule has 6 atom stereocenters. The van der Waals surface area contributed by atoms with Crippen molar-refractivity contribution in [1.82, 2.24) is 9.80 Å². The SMILES string of the molecule is C=CCN(CCC)C(=O)[C@H]1[C@H]2C(=O)N(CCCO)C(C(=O)N(CC=C)c3c(C)cccc3C)C23CC(C)[C@]1(C)O3. The second kappa shape index (κ2) is 11.5. The Morgan fingerprint density at radius 1 is 1.18 bits per heavy atom. The second-order valence-electron chi connectivity index (χ2n) is 11.9. The molecule has 3 heterocycles. The molecule has 0 radical (unpaired) electrons. The summed E-state index contributed by atoms with van der Waals surface area (Å²) in [6.07, 6.45) is 5.00. The van der Waals surface area contributed by atoms with Gasteiger partial charge in [0.15, 0.2) is 0 Å². The van der Waals surface area contributed by atoms with E-state index in [1.165, 1.54) is 0 Å². The largest absolute Gasteiger partial charge is 0.396 e. The first kappa shape index (κ1) is 30.0. The first-order chi connectivity index (χ1) is 19.0. The van der Waals surface area contributed by atoms with E-state index >= 15 is 0 Å². The van der Waals surface area contributed by atoms with Crippen LogP contribution in [0.4, 0.5) is 5.69 Å². The number of para-hydroxylation sites is 1. The third-order valence-corrected chi connectivity index (χ3v) is 9.31. The first-order valence-corrected chi connectivity index (χ1v) is 14.5. The summed E-state index contributed by atoms with van der Waals surface area (Å²) in [7, 11) is 0. The van der Waals surface area contributed by atoms with E-state index in [9.17, 15) is 19.5 Å². The predicted molar refractivity (Wildman–Crippen MR) is 156 cm³/mol. The molecule has 218 valence electrons. The minimum atomic E-state index is -1.14. The Balaban J connectivity index is 1.86. The Labute approximate surface area is 238 Å². The molecular formula is C32H45N3O5. The zero-order valence-electron chi connectivity index (χ0n) is 24.7. The lowest BCUT2D eigenvalue weighted by Gasteiger charge is -2.39. The number of rotatable bonds is 12. The van der Waals surface area contributed by atoms with Crippen LogP contribution in [0.15, 0.2) is 43.5 Å². The fourth-order valence-electron chi connectivity index (χ4n) is 7.59. The number of aryl methyl sites for hydroxylation is 2. The van der Waals surface area contributed by atoms with Gasteiger partial charge in [-0.25, -0.2) is 0 Å². The Hall–Kier alpha value is -2.97. The average molecular weight is 552 g/mol. The number of anilines is 1. The van der Waals surface area contributed by atoms with E-state index in [2.05, 4.69) is 20.1 Å². The summed E-state index contributed by atoms with van der Waals surface area (Å²) in [6, 6.07) is 4.97. The number of fused-ring (bicyclic) bond motifs is 1. The zero-order chi connectivity index (χ0) is 29.4. The smallest absolute Gasteiger partial charge is 0.253 e. The van der Waals surface area contributed by atoms with Crippen LogP contribution < -0.4 is 4.90 Å². The van der Waals surface area contributed by atoms with Gasteiger partial charge in [0.1, 0.15) is 11.6 Å². The van der Waals surface area contributed by atoms with Crippen LogP contribution in [0.2, 0.25) is 0 Å². The van der Waals surface area contributed by atoms with Crippen LogP contribution in [0.5, 0.6) is 0 Å². The summed E-state index contributed by atoms with van der Waals surface area (Å²) >= 11 is 0. The quantitative estimate of drug-likeness (QED) is 0.401. The number of amides is 3. The Morgan fingerprint density at radius 3 is 2.40 bits per heavy atom. The standard InChI is InChI=1S/C32H45N3O5/c1-8-15-33(16-9-2)28(37)24-25-29(38)35(18-12-19-36)27(32(25)20-23(6)31(24,7)40-32)30(39)34(17-10-3)26-21(4)13-11-14-22(26)5/h8,10-11,13-14,23-25,27,36H,1,3,9,12,15-20H2,2,4-7H3/t23?,24-,25+,27?,31+,32?/m1/s1. The van der Waals surface area contributed by atoms with Crippen LogP contribution in [0, 0.1) is 31.6 Å². The Kier molecular flexibility index (Phi) is 8.62. The van der Waals surface area contributed by atoms with Gasteiger partial charge in [-0.1, -0.05) is 44.2 Å². The Morgan fingerprint density at radius 2 is 1.82 bits per heavy atom. The summed E-state index contributed by atoms with van der Waals surface area (Å²) in [5.41, 5.74) is 0.662. The molecule has 40 heavy (non-hydrogen) atoms. The number of aliphatic hydroxyl groups excluding tert-OH is 1. The van der Waals surface area contributed by atoms with Gasteiger partial charge < -0.3 is 24.5 Å². The topological polar surface area (TPSA) is 90.4 Å². The van der Waals surface area contributed by atoms with E-state index < -0.39 is 29.1 Å². The molecule has 2 bridgehead atoms. The van der Waals surface area contributed by atoms with Gasteiger partial charge in [-0.05, 0) is 57.1 Å². The van der Waals surface area contributed by atoms with Gasteiger partial charge in [0, 0.05) is 38.5 Å². The number of carbonyl (C=O) groups excluding carboxylic acids is 3. The predicted octanol–water partition coefficient (Wildman–Crippen LogP) is 3.64. The fourth-order valence-corrected chi connectivity index (χ4v) is 7.59. The van der Waals surface area contributed by atoms with E-state index in [-0.39, 0.29) is 43.3 Å². The molecule has 1 N–H and O–H groups in total. The molecule has 3 fully saturated rings. The lowest BCUT2D eigenvalue weighted by atomic mass is 9.62. The molecule has 8 nitrogen and oxygen atoms in total. The number of ether oxygens (including phenoxy) is 1. The van der Waals surface area contributed by atoms with Crippen LogP contribution in [0.25, 0.3) is 0 Å². The van der Waals surface area contributed by atoms with Crippen molar-refractivity contribution in [2.24, 2.45) is 17.8 Å². The highest BCUT2D eigenvalue weighted by atomic mass is 16.5. The molecule has 3 amide bonds. The molecule has 3 aliphatic heterocycles. The highest BCUT2D eigenvalue weighted by molar-refractivity contribution is 6.05. The van der Waals surface area contributed by atoms with Crippen molar-refractivity contribution in [3.05, 3.63) is 54.6 Å². The molecule has 0 saturated carbocycles. The van der Waals surface area contributed by atoms with E-state index in [1.807, 2.05) is 45.9 Å². The van der Waals surface area contributed by atoms with Crippen LogP contribution >= 0.6 is 0 Å². The maximum absolute atomic E-state index is 14.7. The van der Waals surface area contributed by atoms with Crippen LogP contribution in [-0.2, 0) is 19.1 Å². The highest BCUT2D eigenvalue weighted by Crippen LogP contribution is 2.65. The number of likely N-dealkylation sites (tertiary alicyclic amines) is 1. The number of aliphatic hydroxyl groups is 1. The third-order valence-electron chi connectivity index (χ3n) is 9.31. The highest BCUT2D eigenvalue weighted by Gasteiger charge is 2.80. The van der Waals surface area contributed by atoms with Gasteiger partial charge in [-0.3, -0.25) is 14.4 Å². The molecule has 0 aliphatic carbocycles. The summed E-state index contributed by atoms with van der Waals surface area (Å²) in [5, 5.41) is 9.68. The first-order valence-electron chi connectivity index (χ1n) is 14.5. The minimum Gasteiger partial charge on any atom is -0.396 e. The fraction of sp³-hybridized carbons (Fsp3) is 0.594. The third kappa shape index (κ3) is 4.49. The monoisotopic (exact) mass is 551 g/mol. The maximum atomic E-state index is 14.7. The van der Waals surface area contributed by atoms with E-state index in [0.29, 0.717) is 25.9 Å². The number of hydrogen-bond donors (Lipinski definition) is 1. The normalized spacial score (nSPS) is 30.4. The van der Waals surface area contributed by atoms with E-state index in [1.54, 1.807) is 26.9 Å². The van der Waals surface area contributed by atoms with Crippen molar-refractivity contribution in [2.45, 2.75) is 71.1 Å². The lowest BCUT2D eigenvalue weighted by molar-refractivity contribution is -0.151. The van der Waals surface area contributed by atoms with Crippen molar-refractivity contribution < 1.29 is 24.2 Å². The minimum absolute atomic E-state index is 0.0427. The van der Waals surface area contributed by atoms with Gasteiger partial charge in [0.25, 0.3) is 5.91 Å². The molecule has 1 aromatic carbocycles. The molecular weight excluding hydrogens is 506 g/mol. The second-order valence-corrected chi connectivity index (χ2v) is 11.9. The van der Waals surface area contributed by atoms with E-state index in [0.717, 1.165) is 23.2 Å². The number of benzene rings is 1. The Bertz CT molecular complexity index is 1160. The number of carbonyl (C=O) groups is 3. The van der Waals surface area contributed by atoms with Crippen molar-refractivity contribution in [2.75, 3.05) is 37.7 Å². The van der Waals surface area contributed by atoms with Gasteiger partial charge in [0.2, 0.25) is 11.8 Å². The van der Waals surface area contributed by atoms with Gasteiger partial charge in [-0.15, -0.1) is 13.2 Å². The van der Waals surface area contributed by atoms with Gasteiger partial charge in [-0.2, -0.15) is 0 Å². The maximum Gasteiger partial charge on any atom is 0.253 e. The summed E-state index contributed by atoms with van der Waals surface area (Å²) in [4.78, 5) is 48.3. The molecule has 0 aromatic heterocycles. The molecule has 3 aliphatic rings. The van der Waals surface area contributed by atoms with Gasteiger partial charge >= 0.3 is 0 Å². The summed E-state index contributed by atoms with van der Waals surface area (Å²) in [6.45, 7) is 19.0. The molecule has 4 rings (SSSR count). The van der Waals surface area contributed by atoms with Crippen molar-refractivity contribution >= 4 is 23.4 Å². The summed E-state index contributed by atoms with van der Waals surface area (Å²) < 4.78 is 6.89. The molecule has 8 heteroatoms. The summed E-state index contributed by atoms with van der Waals surface area (Å²) in [5.74, 6) is -2.13. The molecule has 1 spiro atoms. The average Bonchev–Trinajstić information content (AvgIpc) is 3.42. The van der Waals surface area contributed by atoms with Crippen molar-refractivity contribution in [1.29, 1.82) is 0 Å². The number of nitrogens with zero attached hydrogens (tertiary/aromatic N) is 3. The van der Waals surface area contributed by atoms with Crippen LogP contribution in [0.3, 0.4) is 0 Å². The van der Waals surface area contributed by atoms with Crippen molar-refractivity contribution in [3.63, 3.8) is 0 Å². The van der Waals surface area contributed by atoms with Crippen LogP contribution in [0.1, 0.15) is 51.2 Å². The molecule has 3 unspecified atom stereocenters. The zero-order valence-corrected chi connectivity index (χ0v) is 24.7.